The molecule has 0 saturated carbocycles. The number of hydrogen-bond donors (Lipinski definition) is 0. The van der Waals surface area contributed by atoms with Crippen molar-refractivity contribution in [2.45, 2.75) is 11.7 Å². The third-order valence-corrected chi connectivity index (χ3v) is 4.04. The van der Waals surface area contributed by atoms with E-state index in [0.29, 0.717) is 4.47 Å². The molecule has 120 valence electrons. The van der Waals surface area contributed by atoms with Crippen molar-refractivity contribution in [2.24, 2.45) is 0 Å². The van der Waals surface area contributed by atoms with Crippen LogP contribution in [0.3, 0.4) is 0 Å². The van der Waals surface area contributed by atoms with Crippen molar-refractivity contribution in [1.82, 2.24) is 0 Å². The first-order chi connectivity index (χ1) is 10.9. The summed E-state index contributed by atoms with van der Waals surface area (Å²) >= 11 is 3.21. The van der Waals surface area contributed by atoms with E-state index in [4.69, 9.17) is 0 Å². The standard InChI is InChI=1S/C15H12BrFN2O4/c16-13-8-6-11(7-9-13)14(10-18(20)21)15(17,19(22)23)12-4-2-1-3-5-12/h1-9,14H,10H2/t14-,15-/m1/s1. The van der Waals surface area contributed by atoms with Crippen LogP contribution in [-0.4, -0.2) is 16.4 Å². The fourth-order valence-corrected chi connectivity index (χ4v) is 2.66. The second-order valence-electron chi connectivity index (χ2n) is 4.92. The highest BCUT2D eigenvalue weighted by molar-refractivity contribution is 9.10. The fraction of sp³-hybridized carbons (Fsp3) is 0.200. The Bertz CT molecular complexity index is 711. The Kier molecular flexibility index (Phi) is 5.05. The molecular formula is C15H12BrFN2O4. The van der Waals surface area contributed by atoms with Crippen LogP contribution in [0.4, 0.5) is 4.39 Å². The fourth-order valence-electron chi connectivity index (χ4n) is 2.40. The number of nitro groups is 2. The zero-order valence-corrected chi connectivity index (χ0v) is 13.3. The minimum Gasteiger partial charge on any atom is -0.265 e. The molecule has 0 amide bonds. The highest BCUT2D eigenvalue weighted by Gasteiger charge is 2.56. The van der Waals surface area contributed by atoms with Gasteiger partial charge in [0.15, 0.2) is 5.92 Å². The third-order valence-electron chi connectivity index (χ3n) is 3.51. The summed E-state index contributed by atoms with van der Waals surface area (Å²) in [6.07, 6.45) is 0. The maximum absolute atomic E-state index is 15.4. The van der Waals surface area contributed by atoms with Gasteiger partial charge in [-0.15, -0.1) is 0 Å². The first-order valence-corrected chi connectivity index (χ1v) is 7.41. The molecule has 0 aliphatic rings. The van der Waals surface area contributed by atoms with Gasteiger partial charge in [0.1, 0.15) is 0 Å². The Balaban J connectivity index is 2.60. The van der Waals surface area contributed by atoms with Crippen LogP contribution in [0.25, 0.3) is 0 Å². The van der Waals surface area contributed by atoms with E-state index in [1.165, 1.54) is 36.4 Å². The monoisotopic (exact) mass is 382 g/mol. The molecule has 0 aromatic heterocycles. The van der Waals surface area contributed by atoms with Gasteiger partial charge in [0.05, 0.1) is 10.5 Å². The minimum atomic E-state index is -3.10. The summed E-state index contributed by atoms with van der Waals surface area (Å²) in [5, 5.41) is 22.4. The van der Waals surface area contributed by atoms with E-state index in [9.17, 15) is 20.2 Å². The van der Waals surface area contributed by atoms with Gasteiger partial charge in [-0.05, 0) is 29.8 Å². The third kappa shape index (κ3) is 3.53. The summed E-state index contributed by atoms with van der Waals surface area (Å²) in [7, 11) is 0. The van der Waals surface area contributed by atoms with Crippen LogP contribution >= 0.6 is 15.9 Å². The Hall–Kier alpha value is -2.35. The lowest BCUT2D eigenvalue weighted by atomic mass is 9.85. The highest BCUT2D eigenvalue weighted by Crippen LogP contribution is 2.41. The Labute approximate surface area is 139 Å². The molecule has 0 N–H and O–H groups in total. The molecule has 2 aromatic rings. The Morgan fingerprint density at radius 1 is 1.04 bits per heavy atom. The summed E-state index contributed by atoms with van der Waals surface area (Å²) in [6, 6.07) is 13.0. The predicted molar refractivity (Wildman–Crippen MR) is 85.0 cm³/mol. The first-order valence-electron chi connectivity index (χ1n) is 6.62. The van der Waals surface area contributed by atoms with Gasteiger partial charge < -0.3 is 0 Å². The molecule has 23 heavy (non-hydrogen) atoms. The van der Waals surface area contributed by atoms with Gasteiger partial charge in [0.2, 0.25) is 6.54 Å². The summed E-state index contributed by atoms with van der Waals surface area (Å²) in [6.45, 7) is -0.895. The predicted octanol–water partition coefficient (Wildman–Crippen LogP) is 3.91. The summed E-state index contributed by atoms with van der Waals surface area (Å²) in [5.74, 6) is -4.65. The lowest BCUT2D eigenvalue weighted by Crippen LogP contribution is -2.40. The van der Waals surface area contributed by atoms with Gasteiger partial charge in [-0.2, -0.15) is 4.39 Å². The van der Waals surface area contributed by atoms with Crippen molar-refractivity contribution in [3.8, 4) is 0 Å². The molecule has 0 unspecified atom stereocenters. The summed E-state index contributed by atoms with van der Waals surface area (Å²) < 4.78 is 16.1. The number of hydrogen-bond acceptors (Lipinski definition) is 4. The number of nitrogens with zero attached hydrogens (tertiary/aromatic N) is 2. The van der Waals surface area contributed by atoms with Crippen LogP contribution < -0.4 is 0 Å². The second-order valence-corrected chi connectivity index (χ2v) is 5.83. The molecule has 0 aliphatic heterocycles. The zero-order valence-electron chi connectivity index (χ0n) is 11.8. The molecule has 2 rings (SSSR count). The molecule has 2 atom stereocenters. The molecule has 0 bridgehead atoms. The molecule has 8 heteroatoms. The van der Waals surface area contributed by atoms with Crippen LogP contribution in [0.1, 0.15) is 17.0 Å². The maximum atomic E-state index is 15.4. The van der Waals surface area contributed by atoms with Gasteiger partial charge in [-0.25, -0.2) is 0 Å². The normalized spacial score (nSPS) is 14.7. The molecule has 2 aromatic carbocycles. The topological polar surface area (TPSA) is 86.3 Å². The van der Waals surface area contributed by atoms with Crippen LogP contribution in [-0.2, 0) is 5.79 Å². The van der Waals surface area contributed by atoms with Crippen molar-refractivity contribution in [1.29, 1.82) is 0 Å². The molecule has 0 heterocycles. The Morgan fingerprint density at radius 2 is 1.61 bits per heavy atom. The maximum Gasteiger partial charge on any atom is 0.397 e. The molecule has 0 fully saturated rings. The van der Waals surface area contributed by atoms with E-state index in [0.717, 1.165) is 0 Å². The van der Waals surface area contributed by atoms with Crippen LogP contribution in [0, 0.1) is 20.2 Å². The lowest BCUT2D eigenvalue weighted by molar-refractivity contribution is -0.632. The molecule has 0 saturated heterocycles. The summed E-state index contributed by atoms with van der Waals surface area (Å²) in [5.41, 5.74) is -0.0345. The first kappa shape index (κ1) is 17.0. The van der Waals surface area contributed by atoms with E-state index in [1.807, 2.05) is 0 Å². The number of benzene rings is 2. The van der Waals surface area contributed by atoms with Gasteiger partial charge >= 0.3 is 5.79 Å². The zero-order chi connectivity index (χ0) is 17.0. The second kappa shape index (κ2) is 6.82. The molecular weight excluding hydrogens is 371 g/mol. The van der Waals surface area contributed by atoms with E-state index in [-0.39, 0.29) is 11.1 Å². The number of rotatable bonds is 6. The van der Waals surface area contributed by atoms with E-state index >= 15 is 4.39 Å². The number of halogens is 2. The largest absolute Gasteiger partial charge is 0.397 e. The highest BCUT2D eigenvalue weighted by atomic mass is 79.9. The van der Waals surface area contributed by atoms with Gasteiger partial charge in [-0.1, -0.05) is 46.3 Å². The van der Waals surface area contributed by atoms with Crippen LogP contribution in [0.2, 0.25) is 0 Å². The smallest absolute Gasteiger partial charge is 0.265 e. The van der Waals surface area contributed by atoms with Gasteiger partial charge in [-0.3, -0.25) is 20.2 Å². The molecule has 6 nitrogen and oxygen atoms in total. The van der Waals surface area contributed by atoms with Crippen molar-refractivity contribution >= 4 is 15.9 Å². The number of alkyl halides is 1. The molecule has 0 aliphatic carbocycles. The van der Waals surface area contributed by atoms with E-state index in [1.54, 1.807) is 18.2 Å². The van der Waals surface area contributed by atoms with Crippen molar-refractivity contribution in [2.75, 3.05) is 6.54 Å². The quantitative estimate of drug-likeness (QED) is 0.430. The minimum absolute atomic E-state index is 0.188. The molecule has 0 spiro atoms. The van der Waals surface area contributed by atoms with Crippen molar-refractivity contribution in [3.63, 3.8) is 0 Å². The van der Waals surface area contributed by atoms with Gasteiger partial charge in [0, 0.05) is 9.40 Å². The van der Waals surface area contributed by atoms with Crippen LogP contribution in [0.5, 0.6) is 0 Å². The van der Waals surface area contributed by atoms with E-state index in [2.05, 4.69) is 15.9 Å². The Morgan fingerprint density at radius 3 is 2.09 bits per heavy atom. The summed E-state index contributed by atoms with van der Waals surface area (Å²) in [4.78, 5) is 20.6. The van der Waals surface area contributed by atoms with Crippen molar-refractivity contribution in [3.05, 3.63) is 90.4 Å². The van der Waals surface area contributed by atoms with Crippen LogP contribution in [0.15, 0.2) is 59.1 Å². The van der Waals surface area contributed by atoms with Gasteiger partial charge in [0.25, 0.3) is 0 Å². The van der Waals surface area contributed by atoms with Crippen molar-refractivity contribution < 1.29 is 14.2 Å². The average Bonchev–Trinajstić information content (AvgIpc) is 2.53. The molecule has 0 radical (unpaired) electrons. The average molecular weight is 383 g/mol. The SMILES string of the molecule is O=[N+]([O-])C[C@H](c1ccc(Br)cc1)[C@@](F)(c1ccccc1)[N+](=O)[O-]. The lowest BCUT2D eigenvalue weighted by Gasteiger charge is -2.24. The van der Waals surface area contributed by atoms with E-state index < -0.39 is 28.1 Å².